The molecule has 1 fully saturated rings. The van der Waals surface area contributed by atoms with Gasteiger partial charge in [-0.25, -0.2) is 0 Å². The fourth-order valence-corrected chi connectivity index (χ4v) is 0.631. The predicted molar refractivity (Wildman–Crippen MR) is 47.0 cm³/mol. The second kappa shape index (κ2) is 6.89. The first kappa shape index (κ1) is 11.2. The van der Waals surface area contributed by atoms with Gasteiger partial charge in [0, 0.05) is 5.88 Å². The zero-order valence-corrected chi connectivity index (χ0v) is 7.97. The Kier molecular flexibility index (Phi) is 7.02. The zero-order valence-electron chi connectivity index (χ0n) is 7.22. The Bertz CT molecular complexity index is 80.2. The zero-order chi connectivity index (χ0) is 8.69. The van der Waals surface area contributed by atoms with Crippen molar-refractivity contribution in [2.45, 2.75) is 38.9 Å². The van der Waals surface area contributed by atoms with Crippen LogP contribution in [0.5, 0.6) is 0 Å². The van der Waals surface area contributed by atoms with Crippen LogP contribution in [-0.2, 0) is 4.74 Å². The molecule has 2 atom stereocenters. The Morgan fingerprint density at radius 1 is 1.64 bits per heavy atom. The normalized spacial score (nSPS) is 23.5. The third kappa shape index (κ3) is 8.11. The number of rotatable bonds is 3. The summed E-state index contributed by atoms with van der Waals surface area (Å²) in [6.45, 7) is 5.04. The standard InChI is InChI=1S/C4H9ClO.C4H8O/c1-2-4(6)3-5;1-2-4-3-5-4/h4,6H,2-3H2,1H3;4H,2-3H2,1H3. The molecule has 1 aliphatic rings. The molecule has 68 valence electrons. The predicted octanol–water partition coefficient (Wildman–Crippen LogP) is 1.79. The molecule has 0 bridgehead atoms. The van der Waals surface area contributed by atoms with Crippen molar-refractivity contribution in [1.82, 2.24) is 0 Å². The van der Waals surface area contributed by atoms with E-state index in [1.54, 1.807) is 0 Å². The van der Waals surface area contributed by atoms with Gasteiger partial charge in [0.25, 0.3) is 0 Å². The van der Waals surface area contributed by atoms with Gasteiger partial charge in [-0.05, 0) is 12.8 Å². The van der Waals surface area contributed by atoms with Crippen LogP contribution >= 0.6 is 11.6 Å². The van der Waals surface area contributed by atoms with Gasteiger partial charge in [0.2, 0.25) is 0 Å². The largest absolute Gasteiger partial charge is 0.392 e. The number of hydrogen-bond acceptors (Lipinski definition) is 2. The van der Waals surface area contributed by atoms with Gasteiger partial charge in [-0.2, -0.15) is 0 Å². The fourth-order valence-electron chi connectivity index (χ4n) is 0.413. The van der Waals surface area contributed by atoms with E-state index in [2.05, 4.69) is 6.92 Å². The summed E-state index contributed by atoms with van der Waals surface area (Å²) in [5.74, 6) is 0.358. The highest BCUT2D eigenvalue weighted by atomic mass is 35.5. The van der Waals surface area contributed by atoms with Crippen LogP contribution in [0.25, 0.3) is 0 Å². The number of hydrogen-bond donors (Lipinski definition) is 1. The van der Waals surface area contributed by atoms with Crippen LogP contribution in [-0.4, -0.2) is 29.8 Å². The lowest BCUT2D eigenvalue weighted by Gasteiger charge is -1.96. The Morgan fingerprint density at radius 3 is 2.18 bits per heavy atom. The SMILES string of the molecule is CCC(O)CCl.CCC1CO1. The third-order valence-electron chi connectivity index (χ3n) is 1.51. The molecule has 1 N–H and O–H groups in total. The fraction of sp³-hybridized carbons (Fsp3) is 1.00. The molecule has 0 aromatic carbocycles. The molecule has 0 aromatic rings. The Morgan fingerprint density at radius 2 is 2.18 bits per heavy atom. The number of aliphatic hydroxyl groups excluding tert-OH is 1. The Balaban J connectivity index is 0.000000183. The molecule has 1 heterocycles. The van der Waals surface area contributed by atoms with Gasteiger partial charge >= 0.3 is 0 Å². The molecule has 1 saturated heterocycles. The van der Waals surface area contributed by atoms with Gasteiger partial charge in [-0.1, -0.05) is 13.8 Å². The Labute approximate surface area is 73.5 Å². The van der Waals surface area contributed by atoms with Crippen LogP contribution < -0.4 is 0 Å². The van der Waals surface area contributed by atoms with Crippen molar-refractivity contribution >= 4 is 11.6 Å². The highest BCUT2D eigenvalue weighted by Crippen LogP contribution is 2.10. The molecule has 0 radical (unpaired) electrons. The average molecular weight is 181 g/mol. The summed E-state index contributed by atoms with van der Waals surface area (Å²) in [6.07, 6.45) is 2.28. The van der Waals surface area contributed by atoms with Gasteiger partial charge < -0.3 is 9.84 Å². The lowest BCUT2D eigenvalue weighted by atomic mass is 10.3. The molecule has 0 amide bonds. The molecular formula is C8H17ClO2. The number of aliphatic hydroxyl groups is 1. The summed E-state index contributed by atoms with van der Waals surface area (Å²) < 4.78 is 4.86. The third-order valence-corrected chi connectivity index (χ3v) is 1.86. The minimum Gasteiger partial charge on any atom is -0.392 e. The maximum absolute atomic E-state index is 8.53. The average Bonchev–Trinajstić information content (AvgIpc) is 2.86. The van der Waals surface area contributed by atoms with Crippen LogP contribution in [0, 0.1) is 0 Å². The van der Waals surface area contributed by atoms with Crippen molar-refractivity contribution in [1.29, 1.82) is 0 Å². The van der Waals surface area contributed by atoms with Gasteiger partial charge in [-0.15, -0.1) is 11.6 Å². The maximum Gasteiger partial charge on any atom is 0.0807 e. The van der Waals surface area contributed by atoms with Gasteiger partial charge in [0.15, 0.2) is 0 Å². The number of epoxide rings is 1. The maximum atomic E-state index is 8.53. The van der Waals surface area contributed by atoms with E-state index in [9.17, 15) is 0 Å². The van der Waals surface area contributed by atoms with Crippen molar-refractivity contribution in [3.63, 3.8) is 0 Å². The van der Waals surface area contributed by atoms with E-state index in [4.69, 9.17) is 21.4 Å². The summed E-state index contributed by atoms with van der Waals surface area (Å²) in [5.41, 5.74) is 0. The summed E-state index contributed by atoms with van der Waals surface area (Å²) in [7, 11) is 0. The van der Waals surface area contributed by atoms with Gasteiger partial charge in [0.1, 0.15) is 0 Å². The molecule has 0 spiro atoms. The van der Waals surface area contributed by atoms with E-state index < -0.39 is 0 Å². The van der Waals surface area contributed by atoms with E-state index in [-0.39, 0.29) is 6.10 Å². The number of halogens is 1. The van der Waals surface area contributed by atoms with Crippen molar-refractivity contribution in [3.8, 4) is 0 Å². The lowest BCUT2D eigenvalue weighted by Crippen LogP contribution is -2.04. The minimum atomic E-state index is -0.299. The quantitative estimate of drug-likeness (QED) is 0.531. The van der Waals surface area contributed by atoms with Crippen molar-refractivity contribution < 1.29 is 9.84 Å². The van der Waals surface area contributed by atoms with E-state index >= 15 is 0 Å². The first-order valence-corrected chi connectivity index (χ1v) is 4.63. The topological polar surface area (TPSA) is 32.8 Å². The summed E-state index contributed by atoms with van der Waals surface area (Å²) in [6, 6.07) is 0. The molecule has 0 saturated carbocycles. The lowest BCUT2D eigenvalue weighted by molar-refractivity contribution is 0.194. The van der Waals surface area contributed by atoms with E-state index in [0.717, 1.165) is 13.0 Å². The molecule has 1 aliphatic heterocycles. The van der Waals surface area contributed by atoms with Crippen LogP contribution in [0.15, 0.2) is 0 Å². The highest BCUT2D eigenvalue weighted by Gasteiger charge is 2.18. The van der Waals surface area contributed by atoms with Crippen molar-refractivity contribution in [3.05, 3.63) is 0 Å². The molecule has 3 heteroatoms. The monoisotopic (exact) mass is 180 g/mol. The van der Waals surface area contributed by atoms with Crippen LogP contribution in [0.2, 0.25) is 0 Å². The molecule has 11 heavy (non-hydrogen) atoms. The summed E-state index contributed by atoms with van der Waals surface area (Å²) in [4.78, 5) is 0. The first-order chi connectivity index (χ1) is 5.24. The van der Waals surface area contributed by atoms with E-state index in [1.807, 2.05) is 6.92 Å². The molecular weight excluding hydrogens is 164 g/mol. The molecule has 0 aromatic heterocycles. The molecule has 2 unspecified atom stereocenters. The Hall–Kier alpha value is 0.210. The van der Waals surface area contributed by atoms with Crippen LogP contribution in [0.1, 0.15) is 26.7 Å². The second-order valence-electron chi connectivity index (χ2n) is 2.58. The molecule has 2 nitrogen and oxygen atoms in total. The first-order valence-electron chi connectivity index (χ1n) is 4.10. The number of ether oxygens (including phenoxy) is 1. The smallest absolute Gasteiger partial charge is 0.0807 e. The number of alkyl halides is 1. The van der Waals surface area contributed by atoms with Gasteiger partial charge in [0.05, 0.1) is 18.8 Å². The highest BCUT2D eigenvalue weighted by molar-refractivity contribution is 6.18. The van der Waals surface area contributed by atoms with Crippen LogP contribution in [0.4, 0.5) is 0 Å². The van der Waals surface area contributed by atoms with Crippen LogP contribution in [0.3, 0.4) is 0 Å². The molecule has 1 rings (SSSR count). The van der Waals surface area contributed by atoms with Gasteiger partial charge in [-0.3, -0.25) is 0 Å². The summed E-state index contributed by atoms with van der Waals surface area (Å²) >= 11 is 5.20. The van der Waals surface area contributed by atoms with Crippen molar-refractivity contribution in [2.24, 2.45) is 0 Å². The van der Waals surface area contributed by atoms with E-state index in [0.29, 0.717) is 12.0 Å². The summed E-state index contributed by atoms with van der Waals surface area (Å²) in [5, 5.41) is 8.53. The minimum absolute atomic E-state index is 0.299. The molecule has 0 aliphatic carbocycles. The van der Waals surface area contributed by atoms with E-state index in [1.165, 1.54) is 6.42 Å². The van der Waals surface area contributed by atoms with Crippen molar-refractivity contribution in [2.75, 3.05) is 12.5 Å². The second-order valence-corrected chi connectivity index (χ2v) is 2.89.